The lowest BCUT2D eigenvalue weighted by Gasteiger charge is -2.32. The highest BCUT2D eigenvalue weighted by molar-refractivity contribution is 7.50. The van der Waals surface area contributed by atoms with E-state index in [1.165, 1.54) is 15.8 Å². The Morgan fingerprint density at radius 1 is 1.38 bits per heavy atom. The molecule has 0 aliphatic carbocycles. The molecule has 2 fully saturated rings. The average molecular weight is 393 g/mol. The number of amides is 2. The Morgan fingerprint density at radius 2 is 2.08 bits per heavy atom. The molecule has 5 atom stereocenters. The van der Waals surface area contributed by atoms with Gasteiger partial charge in [0.2, 0.25) is 0 Å². The third-order valence-corrected chi connectivity index (χ3v) is 6.14. The van der Waals surface area contributed by atoms with Crippen molar-refractivity contribution in [3.63, 3.8) is 0 Å². The Morgan fingerprint density at radius 3 is 2.77 bits per heavy atom. The molecule has 11 nitrogen and oxygen atoms in total. The van der Waals surface area contributed by atoms with E-state index in [0.717, 1.165) is 0 Å². The van der Waals surface area contributed by atoms with Crippen LogP contribution in [0.15, 0.2) is 11.8 Å². The number of nitrogens with zero attached hydrogens (tertiary/aromatic N) is 2. The van der Waals surface area contributed by atoms with E-state index in [-0.39, 0.29) is 26.1 Å². The van der Waals surface area contributed by atoms with E-state index >= 15 is 0 Å². The summed E-state index contributed by atoms with van der Waals surface area (Å²) in [4.78, 5) is 23.3. The minimum Gasteiger partial charge on any atom is -0.390 e. The van der Waals surface area contributed by atoms with Crippen LogP contribution in [0.2, 0.25) is 0 Å². The van der Waals surface area contributed by atoms with E-state index in [2.05, 4.69) is 5.32 Å². The smallest absolute Gasteiger partial charge is 0.390 e. The topological polar surface area (TPSA) is 141 Å². The van der Waals surface area contributed by atoms with E-state index in [4.69, 9.17) is 14.0 Å². The summed E-state index contributed by atoms with van der Waals surface area (Å²) in [5.74, 6) is 0. The van der Waals surface area contributed by atoms with Gasteiger partial charge in [-0.15, -0.1) is 0 Å². The quantitative estimate of drug-likeness (QED) is 0.440. The maximum Gasteiger partial charge on any atom is 0.405 e. The molecule has 3 rings (SSSR count). The highest BCUT2D eigenvalue weighted by Gasteiger charge is 2.42. The van der Waals surface area contributed by atoms with Crippen molar-refractivity contribution < 1.29 is 38.5 Å². The molecule has 26 heavy (non-hydrogen) atoms. The summed E-state index contributed by atoms with van der Waals surface area (Å²) in [5.41, 5.74) is 0.523. The molecular formula is C14H24N3O8P. The molecule has 12 heteroatoms. The van der Waals surface area contributed by atoms with Gasteiger partial charge in [-0.25, -0.2) is 14.0 Å². The largest absolute Gasteiger partial charge is 0.405 e. The molecule has 0 spiro atoms. The first-order chi connectivity index (χ1) is 12.3. The minimum atomic E-state index is -4.00. The number of urea groups is 1. The lowest BCUT2D eigenvalue weighted by Crippen LogP contribution is -2.51. The van der Waals surface area contributed by atoms with Crippen molar-refractivity contribution >= 4 is 13.8 Å². The van der Waals surface area contributed by atoms with Gasteiger partial charge < -0.3 is 29.9 Å². The normalized spacial score (nSPS) is 35.8. The fourth-order valence-corrected chi connectivity index (χ4v) is 4.14. The van der Waals surface area contributed by atoms with Gasteiger partial charge in [-0.1, -0.05) is 0 Å². The number of aliphatic hydroxyl groups is 2. The zero-order valence-corrected chi connectivity index (χ0v) is 15.2. The zero-order chi connectivity index (χ0) is 18.9. The van der Waals surface area contributed by atoms with Gasteiger partial charge in [-0.05, 0) is 12.5 Å². The molecular weight excluding hydrogens is 369 g/mol. The molecule has 2 amide bonds. The highest BCUT2D eigenvalue weighted by atomic mass is 31.2. The van der Waals surface area contributed by atoms with Gasteiger partial charge in [0.05, 0.1) is 25.9 Å². The molecule has 148 valence electrons. The van der Waals surface area contributed by atoms with Crippen LogP contribution in [0, 0.1) is 0 Å². The molecule has 4 N–H and O–H groups in total. The maximum absolute atomic E-state index is 12.3. The van der Waals surface area contributed by atoms with Gasteiger partial charge >= 0.3 is 13.8 Å². The van der Waals surface area contributed by atoms with Gasteiger partial charge in [0.25, 0.3) is 0 Å². The van der Waals surface area contributed by atoms with Crippen molar-refractivity contribution in [3.8, 4) is 0 Å². The van der Waals surface area contributed by atoms with Crippen molar-refractivity contribution in [2.45, 2.75) is 38.0 Å². The molecule has 0 aromatic heterocycles. The zero-order valence-electron chi connectivity index (χ0n) is 14.4. The highest BCUT2D eigenvalue weighted by Crippen LogP contribution is 2.47. The number of morpholine rings is 1. The SMILES string of the molecule is CC1=CN([C@H]2CC(O)[C@@H](COP(=O)(O)N3CCOCC3)O2)C(=O)N[C@H]1O. The van der Waals surface area contributed by atoms with E-state index in [1.54, 1.807) is 6.92 Å². The second kappa shape index (κ2) is 7.91. The monoisotopic (exact) mass is 393 g/mol. The summed E-state index contributed by atoms with van der Waals surface area (Å²) < 4.78 is 29.5. The second-order valence-electron chi connectivity index (χ2n) is 6.42. The molecule has 2 saturated heterocycles. The number of hydrogen-bond donors (Lipinski definition) is 4. The Labute approximate surface area is 150 Å². The lowest BCUT2D eigenvalue weighted by atomic mass is 10.2. The van der Waals surface area contributed by atoms with Gasteiger partial charge in [-0.3, -0.25) is 9.42 Å². The van der Waals surface area contributed by atoms with E-state index < -0.39 is 38.4 Å². The molecule has 0 aromatic rings. The maximum atomic E-state index is 12.3. The first-order valence-electron chi connectivity index (χ1n) is 8.37. The van der Waals surface area contributed by atoms with E-state index in [1.807, 2.05) is 0 Å². The molecule has 0 saturated carbocycles. The number of hydrogen-bond acceptors (Lipinski definition) is 7. The van der Waals surface area contributed by atoms with Crippen LogP contribution in [0.3, 0.4) is 0 Å². The average Bonchev–Trinajstić information content (AvgIpc) is 2.98. The molecule has 2 unspecified atom stereocenters. The first kappa shape index (κ1) is 19.7. The predicted molar refractivity (Wildman–Crippen MR) is 87.6 cm³/mol. The van der Waals surface area contributed by atoms with Crippen LogP contribution in [0.25, 0.3) is 0 Å². The third kappa shape index (κ3) is 4.26. The van der Waals surface area contributed by atoms with Crippen LogP contribution >= 0.6 is 7.75 Å². The molecule has 0 bridgehead atoms. The van der Waals surface area contributed by atoms with Crippen molar-refractivity contribution in [1.82, 2.24) is 14.9 Å². The van der Waals surface area contributed by atoms with E-state index in [9.17, 15) is 24.5 Å². The van der Waals surface area contributed by atoms with Crippen LogP contribution in [0.5, 0.6) is 0 Å². The molecule has 3 aliphatic heterocycles. The Kier molecular flexibility index (Phi) is 6.00. The summed E-state index contributed by atoms with van der Waals surface area (Å²) in [6.45, 7) is 2.62. The number of rotatable bonds is 5. The van der Waals surface area contributed by atoms with Gasteiger partial charge in [0.15, 0.2) is 6.23 Å². The lowest BCUT2D eigenvalue weighted by molar-refractivity contribution is -0.0555. The Hall–Kier alpha value is -1.04. The van der Waals surface area contributed by atoms with Crippen LogP contribution in [0.1, 0.15) is 13.3 Å². The van der Waals surface area contributed by atoms with Crippen LogP contribution in [-0.4, -0.2) is 88.3 Å². The standard InChI is InChI=1S/C14H24N3O8P/c1-9-7-17(14(20)15-13(9)19)12-6-10(18)11(25-12)8-24-26(21,22)16-2-4-23-5-3-16/h7,10-13,18-19H,2-6,8H2,1H3,(H,15,20)(H,21,22)/t10?,11-,12-,13+/m1/s1. The second-order valence-corrected chi connectivity index (χ2v) is 8.22. The van der Waals surface area contributed by atoms with Crippen molar-refractivity contribution in [3.05, 3.63) is 11.8 Å². The van der Waals surface area contributed by atoms with Crippen LogP contribution in [-0.2, 0) is 18.6 Å². The number of nitrogens with one attached hydrogen (secondary N) is 1. The molecule has 0 aromatic carbocycles. The summed E-state index contributed by atoms with van der Waals surface area (Å²) in [7, 11) is -4.00. The van der Waals surface area contributed by atoms with Crippen molar-refractivity contribution in [2.75, 3.05) is 32.9 Å². The number of ether oxygens (including phenoxy) is 2. The van der Waals surface area contributed by atoms with Crippen LogP contribution in [0.4, 0.5) is 4.79 Å². The summed E-state index contributed by atoms with van der Waals surface area (Å²) >= 11 is 0. The minimum absolute atomic E-state index is 0.120. The summed E-state index contributed by atoms with van der Waals surface area (Å²) in [5, 5.41) is 22.1. The first-order valence-corrected chi connectivity index (χ1v) is 9.90. The van der Waals surface area contributed by atoms with Gasteiger partial charge in [0.1, 0.15) is 12.3 Å². The Balaban J connectivity index is 1.57. The third-order valence-electron chi connectivity index (χ3n) is 4.54. The van der Waals surface area contributed by atoms with E-state index in [0.29, 0.717) is 18.8 Å². The van der Waals surface area contributed by atoms with Crippen molar-refractivity contribution in [1.29, 1.82) is 0 Å². The number of carbonyl (C=O) groups is 1. The number of carbonyl (C=O) groups excluding carboxylic acids is 1. The van der Waals surface area contributed by atoms with Crippen molar-refractivity contribution in [2.24, 2.45) is 0 Å². The summed E-state index contributed by atoms with van der Waals surface area (Å²) in [6, 6.07) is -0.553. The Bertz CT molecular complexity index is 611. The van der Waals surface area contributed by atoms with Crippen LogP contribution < -0.4 is 5.32 Å². The fraction of sp³-hybridized carbons (Fsp3) is 0.786. The van der Waals surface area contributed by atoms with Gasteiger partial charge in [0, 0.05) is 25.7 Å². The van der Waals surface area contributed by atoms with Gasteiger partial charge in [-0.2, -0.15) is 0 Å². The molecule has 0 radical (unpaired) electrons. The fourth-order valence-electron chi connectivity index (χ4n) is 2.96. The molecule has 3 heterocycles. The summed E-state index contributed by atoms with van der Waals surface area (Å²) in [6.07, 6.45) is -2.06. The molecule has 3 aliphatic rings. The number of aliphatic hydroxyl groups excluding tert-OH is 2. The predicted octanol–water partition coefficient (Wildman–Crippen LogP) is -0.841.